The van der Waals surface area contributed by atoms with E-state index in [0.29, 0.717) is 0 Å². The minimum Gasteiger partial charge on any atom is -0.356 e. The number of nitrogens with one attached hydrogen (secondary N) is 1. The van der Waals surface area contributed by atoms with E-state index in [1.54, 1.807) is 12.1 Å². The van der Waals surface area contributed by atoms with Crippen molar-refractivity contribution in [1.82, 2.24) is 0 Å². The first-order chi connectivity index (χ1) is 13.2. The summed E-state index contributed by atoms with van der Waals surface area (Å²) in [6.45, 7) is 4.25. The molecule has 0 aliphatic heterocycles. The van der Waals surface area contributed by atoms with Crippen LogP contribution in [0.2, 0.25) is 0 Å². The topological polar surface area (TPSA) is 12.0 Å². The number of hydrogen-bond acceptors (Lipinski definition) is 1. The van der Waals surface area contributed by atoms with Gasteiger partial charge in [-0.05, 0) is 80.9 Å². The highest BCUT2D eigenvalue weighted by Crippen LogP contribution is 2.57. The molecule has 1 unspecified atom stereocenters. The van der Waals surface area contributed by atoms with Crippen LogP contribution in [0.25, 0.3) is 0 Å². The summed E-state index contributed by atoms with van der Waals surface area (Å²) in [5.41, 5.74) is 5.32. The maximum Gasteiger partial charge on any atom is 0.392 e. The summed E-state index contributed by atoms with van der Waals surface area (Å²) in [6, 6.07) is 6.26. The molecule has 1 saturated carbocycles. The molecule has 0 saturated heterocycles. The van der Waals surface area contributed by atoms with Gasteiger partial charge in [0.05, 0.1) is 5.92 Å². The van der Waals surface area contributed by atoms with Gasteiger partial charge in [0.15, 0.2) is 0 Å². The van der Waals surface area contributed by atoms with E-state index < -0.39 is 12.1 Å². The summed E-state index contributed by atoms with van der Waals surface area (Å²) in [6.07, 6.45) is 2.67. The quantitative estimate of drug-likeness (QED) is 0.417. The average molecular weight is 391 g/mol. The highest BCUT2D eigenvalue weighted by Gasteiger charge is 2.48. The van der Waals surface area contributed by atoms with Gasteiger partial charge in [-0.3, -0.25) is 0 Å². The van der Waals surface area contributed by atoms with Crippen LogP contribution in [0.3, 0.4) is 0 Å². The molecule has 5 heteroatoms. The molecule has 4 rings (SSSR count). The summed E-state index contributed by atoms with van der Waals surface area (Å²) in [5, 5.41) is 3.38. The van der Waals surface area contributed by atoms with E-state index >= 15 is 0 Å². The first kappa shape index (κ1) is 19.3. The molecule has 0 bridgehead atoms. The number of fused-ring (bicyclic) bond motifs is 3. The number of halogens is 4. The Balaban J connectivity index is 1.59. The molecule has 0 radical (unpaired) electrons. The van der Waals surface area contributed by atoms with E-state index in [2.05, 4.69) is 25.2 Å². The van der Waals surface area contributed by atoms with Crippen molar-refractivity contribution in [2.24, 2.45) is 17.3 Å². The third-order valence-corrected chi connectivity index (χ3v) is 6.72. The summed E-state index contributed by atoms with van der Waals surface area (Å²) in [5.74, 6) is -1.45. The number of rotatable bonds is 2. The van der Waals surface area contributed by atoms with Gasteiger partial charge in [0.25, 0.3) is 0 Å². The predicted octanol–water partition coefficient (Wildman–Crippen LogP) is 7.16. The Hall–Kier alpha value is -2.04. The third-order valence-electron chi connectivity index (χ3n) is 6.72. The summed E-state index contributed by atoms with van der Waals surface area (Å²) in [7, 11) is 0. The van der Waals surface area contributed by atoms with Crippen LogP contribution >= 0.6 is 0 Å². The molecule has 150 valence electrons. The minimum atomic E-state index is -4.10. The molecular weight excluding hydrogens is 366 g/mol. The number of allylic oxidation sites excluding steroid dienone is 5. The average Bonchev–Trinajstić information content (AvgIpc) is 2.63. The van der Waals surface area contributed by atoms with E-state index in [1.807, 2.05) is 6.08 Å². The van der Waals surface area contributed by atoms with Crippen LogP contribution < -0.4 is 5.32 Å². The predicted molar refractivity (Wildman–Crippen MR) is 103 cm³/mol. The second-order valence-corrected chi connectivity index (χ2v) is 8.61. The lowest BCUT2D eigenvalue weighted by Gasteiger charge is -2.48. The van der Waals surface area contributed by atoms with E-state index in [9.17, 15) is 17.6 Å². The maximum absolute atomic E-state index is 13.2. The van der Waals surface area contributed by atoms with Crippen LogP contribution in [0.5, 0.6) is 0 Å². The molecule has 0 spiro atoms. The minimum absolute atomic E-state index is 0.0296. The van der Waals surface area contributed by atoms with Crippen molar-refractivity contribution in [3.63, 3.8) is 0 Å². The van der Waals surface area contributed by atoms with E-state index in [4.69, 9.17) is 0 Å². The molecule has 1 aromatic carbocycles. The second kappa shape index (κ2) is 6.78. The molecule has 0 heterocycles. The first-order valence-electron chi connectivity index (χ1n) is 9.87. The van der Waals surface area contributed by atoms with E-state index in [1.165, 1.54) is 28.9 Å². The number of benzene rings is 1. The molecule has 0 amide bonds. The van der Waals surface area contributed by atoms with Gasteiger partial charge in [-0.15, -0.1) is 0 Å². The SMILES string of the molecule is CC1=C(Nc2ccc(F)cc2)C=C2CCC3C[C@H](C(F)(F)F)CC=C3[C@@]2(C)C1. The fourth-order valence-corrected chi connectivity index (χ4v) is 5.21. The van der Waals surface area contributed by atoms with Gasteiger partial charge in [0.1, 0.15) is 5.82 Å². The van der Waals surface area contributed by atoms with Crippen LogP contribution in [0, 0.1) is 23.1 Å². The zero-order valence-electron chi connectivity index (χ0n) is 16.2. The Kier molecular flexibility index (Phi) is 4.67. The molecular formula is C23H25F4N. The van der Waals surface area contributed by atoms with Gasteiger partial charge < -0.3 is 5.32 Å². The molecule has 3 aliphatic carbocycles. The summed E-state index contributed by atoms with van der Waals surface area (Å²) in [4.78, 5) is 0. The summed E-state index contributed by atoms with van der Waals surface area (Å²) >= 11 is 0. The van der Waals surface area contributed by atoms with Crippen LogP contribution in [-0.2, 0) is 0 Å². The normalized spacial score (nSPS) is 30.2. The monoisotopic (exact) mass is 391 g/mol. The Labute approximate surface area is 163 Å². The molecule has 1 fully saturated rings. The lowest BCUT2D eigenvalue weighted by Crippen LogP contribution is -2.39. The van der Waals surface area contributed by atoms with Crippen molar-refractivity contribution >= 4 is 5.69 Å². The molecule has 0 aromatic heterocycles. The number of hydrogen-bond donors (Lipinski definition) is 1. The fraction of sp³-hybridized carbons (Fsp3) is 0.478. The lowest BCUT2D eigenvalue weighted by molar-refractivity contribution is -0.179. The zero-order valence-corrected chi connectivity index (χ0v) is 16.2. The molecule has 3 aliphatic rings. The first-order valence-corrected chi connectivity index (χ1v) is 9.87. The lowest BCUT2D eigenvalue weighted by atomic mass is 9.56. The van der Waals surface area contributed by atoms with Gasteiger partial charge in [-0.1, -0.05) is 24.1 Å². The van der Waals surface area contributed by atoms with E-state index in [0.717, 1.165) is 30.6 Å². The van der Waals surface area contributed by atoms with Gasteiger partial charge >= 0.3 is 6.18 Å². The van der Waals surface area contributed by atoms with Crippen molar-refractivity contribution in [2.45, 2.75) is 52.1 Å². The van der Waals surface area contributed by atoms with Crippen LogP contribution in [0.15, 0.2) is 58.8 Å². The summed E-state index contributed by atoms with van der Waals surface area (Å²) < 4.78 is 52.7. The molecule has 28 heavy (non-hydrogen) atoms. The Morgan fingerprint density at radius 3 is 2.54 bits per heavy atom. The van der Waals surface area contributed by atoms with Crippen molar-refractivity contribution in [3.05, 3.63) is 64.7 Å². The number of alkyl halides is 3. The highest BCUT2D eigenvalue weighted by atomic mass is 19.4. The van der Waals surface area contributed by atoms with Gasteiger partial charge in [-0.2, -0.15) is 13.2 Å². The van der Waals surface area contributed by atoms with Gasteiger partial charge in [0.2, 0.25) is 0 Å². The standard InChI is InChI=1S/C23H25F4N/c1-14-13-22(2)16(12-21(14)28-19-8-6-18(24)7-9-19)4-3-15-11-17(23(25,26)27)5-10-20(15)22/h6-10,12,15,17,28H,3-5,11,13H2,1-2H3/t15?,17-,22+/m1/s1. The Morgan fingerprint density at radius 1 is 1.14 bits per heavy atom. The third kappa shape index (κ3) is 3.40. The Bertz CT molecular complexity index is 860. The molecule has 1 aromatic rings. The van der Waals surface area contributed by atoms with Crippen LogP contribution in [-0.4, -0.2) is 6.18 Å². The molecule has 3 atom stereocenters. The number of anilines is 1. The molecule has 1 N–H and O–H groups in total. The zero-order chi connectivity index (χ0) is 20.1. The largest absolute Gasteiger partial charge is 0.392 e. The van der Waals surface area contributed by atoms with Crippen molar-refractivity contribution in [1.29, 1.82) is 0 Å². The van der Waals surface area contributed by atoms with Gasteiger partial charge in [-0.25, -0.2) is 4.39 Å². The maximum atomic E-state index is 13.2. The van der Waals surface area contributed by atoms with Crippen molar-refractivity contribution in [3.8, 4) is 0 Å². The van der Waals surface area contributed by atoms with Crippen molar-refractivity contribution < 1.29 is 17.6 Å². The van der Waals surface area contributed by atoms with Crippen molar-refractivity contribution in [2.75, 3.05) is 5.32 Å². The van der Waals surface area contributed by atoms with Gasteiger partial charge in [0, 0.05) is 16.8 Å². The Morgan fingerprint density at radius 2 is 1.86 bits per heavy atom. The highest BCUT2D eigenvalue weighted by molar-refractivity contribution is 5.56. The smallest absolute Gasteiger partial charge is 0.356 e. The second-order valence-electron chi connectivity index (χ2n) is 8.61. The van der Waals surface area contributed by atoms with Crippen LogP contribution in [0.4, 0.5) is 23.2 Å². The fourth-order valence-electron chi connectivity index (χ4n) is 5.21. The van der Waals surface area contributed by atoms with E-state index in [-0.39, 0.29) is 30.0 Å². The van der Waals surface area contributed by atoms with Crippen LogP contribution in [0.1, 0.15) is 46.0 Å². The molecule has 1 nitrogen and oxygen atoms in total.